The normalized spacial score (nSPS) is 12.6. The first-order chi connectivity index (χ1) is 11.9. The van der Waals surface area contributed by atoms with Crippen molar-refractivity contribution in [2.24, 2.45) is 5.92 Å². The predicted molar refractivity (Wildman–Crippen MR) is 103 cm³/mol. The van der Waals surface area contributed by atoms with Gasteiger partial charge in [-0.05, 0) is 51.4 Å². The Hall–Kier alpha value is -1.42. The summed E-state index contributed by atoms with van der Waals surface area (Å²) in [7, 11) is 0. The summed E-state index contributed by atoms with van der Waals surface area (Å²) in [6.07, 6.45) is 2.50. The molecule has 1 atom stereocenters. The van der Waals surface area contributed by atoms with Crippen molar-refractivity contribution in [3.8, 4) is 0 Å². The van der Waals surface area contributed by atoms with Gasteiger partial charge in [-0.2, -0.15) is 0 Å². The van der Waals surface area contributed by atoms with E-state index >= 15 is 0 Å². The van der Waals surface area contributed by atoms with Crippen LogP contribution in [0.2, 0.25) is 0 Å². The summed E-state index contributed by atoms with van der Waals surface area (Å²) in [6.45, 7) is 14.0. The molecule has 0 aliphatic carbocycles. The third-order valence-corrected chi connectivity index (χ3v) is 4.72. The van der Waals surface area contributed by atoms with E-state index in [4.69, 9.17) is 0 Å². The molecule has 0 N–H and O–H groups in total. The van der Waals surface area contributed by atoms with Gasteiger partial charge in [0.05, 0.1) is 0 Å². The van der Waals surface area contributed by atoms with Gasteiger partial charge in [0.1, 0.15) is 5.82 Å². The molecular weight excluding hydrogens is 315 g/mol. The lowest BCUT2D eigenvalue weighted by Gasteiger charge is -2.31. The van der Waals surface area contributed by atoms with Crippen LogP contribution in [-0.4, -0.2) is 41.4 Å². The Kier molecular flexibility index (Phi) is 9.73. The van der Waals surface area contributed by atoms with Crippen molar-refractivity contribution in [1.29, 1.82) is 0 Å². The molecule has 0 saturated carbocycles. The van der Waals surface area contributed by atoms with Crippen molar-refractivity contribution in [3.63, 3.8) is 0 Å². The van der Waals surface area contributed by atoms with Crippen molar-refractivity contribution < 1.29 is 9.18 Å². The number of hydrogen-bond acceptors (Lipinski definition) is 2. The highest BCUT2D eigenvalue weighted by Gasteiger charge is 2.22. The minimum Gasteiger partial charge on any atom is -0.336 e. The molecule has 0 heterocycles. The lowest BCUT2D eigenvalue weighted by atomic mass is 10.1. The van der Waals surface area contributed by atoms with Gasteiger partial charge in [0.2, 0.25) is 5.91 Å². The van der Waals surface area contributed by atoms with E-state index in [1.54, 1.807) is 12.1 Å². The number of carbonyl (C=O) groups excluding carboxylic acids is 1. The summed E-state index contributed by atoms with van der Waals surface area (Å²) < 4.78 is 14.0. The average molecular weight is 351 g/mol. The second kappa shape index (κ2) is 11.2. The molecule has 1 aromatic rings. The van der Waals surface area contributed by atoms with E-state index < -0.39 is 0 Å². The SMILES string of the molecule is CCN(CC)CCCC(C)N(Cc1ccccc1F)C(=O)CC(C)C. The van der Waals surface area contributed by atoms with Crippen LogP contribution in [0.3, 0.4) is 0 Å². The lowest BCUT2D eigenvalue weighted by Crippen LogP contribution is -2.39. The maximum atomic E-state index is 14.0. The molecule has 3 nitrogen and oxygen atoms in total. The molecule has 0 bridgehead atoms. The molecule has 0 aliphatic rings. The Morgan fingerprint density at radius 3 is 2.32 bits per heavy atom. The highest BCUT2D eigenvalue weighted by atomic mass is 19.1. The number of benzene rings is 1. The van der Waals surface area contributed by atoms with Gasteiger partial charge in [-0.15, -0.1) is 0 Å². The molecule has 0 aliphatic heterocycles. The number of amides is 1. The molecule has 0 spiro atoms. The Morgan fingerprint density at radius 2 is 1.76 bits per heavy atom. The summed E-state index contributed by atoms with van der Waals surface area (Å²) >= 11 is 0. The fourth-order valence-electron chi connectivity index (χ4n) is 3.07. The van der Waals surface area contributed by atoms with Crippen LogP contribution in [0, 0.1) is 11.7 Å². The molecule has 25 heavy (non-hydrogen) atoms. The largest absolute Gasteiger partial charge is 0.336 e. The number of halogens is 1. The minimum absolute atomic E-state index is 0.112. The summed E-state index contributed by atoms with van der Waals surface area (Å²) in [5, 5.41) is 0. The molecule has 0 saturated heterocycles. The van der Waals surface area contributed by atoms with Crippen molar-refractivity contribution in [3.05, 3.63) is 35.6 Å². The van der Waals surface area contributed by atoms with Crippen molar-refractivity contribution in [2.75, 3.05) is 19.6 Å². The first kappa shape index (κ1) is 21.6. The lowest BCUT2D eigenvalue weighted by molar-refractivity contribution is -0.134. The zero-order chi connectivity index (χ0) is 18.8. The monoisotopic (exact) mass is 350 g/mol. The molecule has 4 heteroatoms. The maximum Gasteiger partial charge on any atom is 0.223 e. The Labute approximate surface area is 153 Å². The van der Waals surface area contributed by atoms with Crippen LogP contribution in [0.1, 0.15) is 59.4 Å². The molecule has 0 radical (unpaired) electrons. The van der Waals surface area contributed by atoms with Crippen molar-refractivity contribution in [2.45, 2.75) is 66.5 Å². The highest BCUT2D eigenvalue weighted by Crippen LogP contribution is 2.18. The van der Waals surface area contributed by atoms with E-state index in [-0.39, 0.29) is 17.8 Å². The van der Waals surface area contributed by atoms with E-state index in [0.717, 1.165) is 32.5 Å². The smallest absolute Gasteiger partial charge is 0.223 e. The van der Waals surface area contributed by atoms with Crippen LogP contribution in [0.15, 0.2) is 24.3 Å². The van der Waals surface area contributed by atoms with Crippen LogP contribution in [-0.2, 0) is 11.3 Å². The van der Waals surface area contributed by atoms with E-state index in [0.29, 0.717) is 24.4 Å². The predicted octanol–water partition coefficient (Wildman–Crippen LogP) is 4.71. The molecule has 142 valence electrons. The van der Waals surface area contributed by atoms with Gasteiger partial charge in [-0.3, -0.25) is 4.79 Å². The summed E-state index contributed by atoms with van der Waals surface area (Å²) in [5.74, 6) is 0.187. The second-order valence-corrected chi connectivity index (χ2v) is 7.23. The van der Waals surface area contributed by atoms with Crippen LogP contribution in [0.25, 0.3) is 0 Å². The van der Waals surface area contributed by atoms with E-state index in [1.165, 1.54) is 6.07 Å². The van der Waals surface area contributed by atoms with Crippen molar-refractivity contribution >= 4 is 5.91 Å². The Balaban J connectivity index is 2.76. The molecular formula is C21H35FN2O. The first-order valence-electron chi connectivity index (χ1n) is 9.64. The van der Waals surface area contributed by atoms with Gasteiger partial charge >= 0.3 is 0 Å². The molecule has 1 aromatic carbocycles. The molecule has 1 unspecified atom stereocenters. The number of hydrogen-bond donors (Lipinski definition) is 0. The average Bonchev–Trinajstić information content (AvgIpc) is 2.57. The Morgan fingerprint density at radius 1 is 1.12 bits per heavy atom. The van der Waals surface area contributed by atoms with Gasteiger partial charge in [-0.25, -0.2) is 4.39 Å². The number of nitrogens with zero attached hydrogens (tertiary/aromatic N) is 2. The van der Waals surface area contributed by atoms with E-state index in [1.807, 2.05) is 24.8 Å². The summed E-state index contributed by atoms with van der Waals surface area (Å²) in [6, 6.07) is 6.86. The molecule has 1 rings (SSSR count). The topological polar surface area (TPSA) is 23.6 Å². The van der Waals surface area contributed by atoms with Crippen LogP contribution < -0.4 is 0 Å². The minimum atomic E-state index is -0.236. The third kappa shape index (κ3) is 7.55. The summed E-state index contributed by atoms with van der Waals surface area (Å²) in [5.41, 5.74) is 0.593. The van der Waals surface area contributed by atoms with Crippen molar-refractivity contribution in [1.82, 2.24) is 9.80 Å². The third-order valence-electron chi connectivity index (χ3n) is 4.72. The number of rotatable bonds is 11. The second-order valence-electron chi connectivity index (χ2n) is 7.23. The fourth-order valence-corrected chi connectivity index (χ4v) is 3.07. The quantitative estimate of drug-likeness (QED) is 0.577. The van der Waals surface area contributed by atoms with Gasteiger partial charge in [-0.1, -0.05) is 45.9 Å². The van der Waals surface area contributed by atoms with Gasteiger partial charge in [0, 0.05) is 24.6 Å². The standard InChI is InChI=1S/C21H35FN2O/c1-6-23(7-2)14-10-11-18(5)24(21(25)15-17(3)4)16-19-12-8-9-13-20(19)22/h8-9,12-13,17-18H,6-7,10-11,14-16H2,1-5H3. The molecule has 0 aromatic heterocycles. The van der Waals surface area contributed by atoms with Crippen LogP contribution in [0.4, 0.5) is 4.39 Å². The zero-order valence-electron chi connectivity index (χ0n) is 16.6. The van der Waals surface area contributed by atoms with E-state index in [2.05, 4.69) is 25.7 Å². The van der Waals surface area contributed by atoms with E-state index in [9.17, 15) is 9.18 Å². The molecule has 0 fully saturated rings. The summed E-state index contributed by atoms with van der Waals surface area (Å²) in [4.78, 5) is 17.0. The fraction of sp³-hybridized carbons (Fsp3) is 0.667. The van der Waals surface area contributed by atoms with Crippen LogP contribution >= 0.6 is 0 Å². The van der Waals surface area contributed by atoms with Gasteiger partial charge in [0.25, 0.3) is 0 Å². The number of carbonyl (C=O) groups is 1. The Bertz CT molecular complexity index is 514. The van der Waals surface area contributed by atoms with Gasteiger partial charge < -0.3 is 9.80 Å². The van der Waals surface area contributed by atoms with Crippen LogP contribution in [0.5, 0.6) is 0 Å². The van der Waals surface area contributed by atoms with Gasteiger partial charge in [0.15, 0.2) is 0 Å². The molecule has 1 amide bonds. The maximum absolute atomic E-state index is 14.0. The first-order valence-corrected chi connectivity index (χ1v) is 9.64. The highest BCUT2D eigenvalue weighted by molar-refractivity contribution is 5.76. The zero-order valence-corrected chi connectivity index (χ0v) is 16.6.